The molecule has 0 atom stereocenters. The summed E-state index contributed by atoms with van der Waals surface area (Å²) < 4.78 is 0. The number of unbranched alkanes of at least 4 members (excludes halogenated alkanes) is 11. The van der Waals surface area contributed by atoms with E-state index in [2.05, 4.69) is 19.1 Å². The molecule has 0 unspecified atom stereocenters. The summed E-state index contributed by atoms with van der Waals surface area (Å²) in [5.74, 6) is 0. The first-order chi connectivity index (χ1) is 8.91. The topological polar surface area (TPSA) is 23.8 Å². The van der Waals surface area contributed by atoms with E-state index in [1.807, 2.05) is 0 Å². The zero-order valence-corrected chi connectivity index (χ0v) is 12.6. The van der Waals surface area contributed by atoms with Gasteiger partial charge in [-0.1, -0.05) is 76.9 Å². The number of nitrogens with one attached hydrogen (secondary N) is 1. The summed E-state index contributed by atoms with van der Waals surface area (Å²) in [7, 11) is 0. The van der Waals surface area contributed by atoms with Crippen molar-refractivity contribution >= 4 is 0 Å². The molecular formula is C17H34N. The molecule has 107 valence electrons. The second-order valence-electron chi connectivity index (χ2n) is 5.33. The standard InChI is InChI=1S/C17H34N/c1-2-3-4-5-6-7-8-9-10-11-12-13-14-15-16-17-18/h5-6,18H,2-4,7-17H2,1H3/b6-5+. The summed E-state index contributed by atoms with van der Waals surface area (Å²) in [5, 5.41) is 0. The predicted octanol–water partition coefficient (Wildman–Crippen LogP) is 5.92. The van der Waals surface area contributed by atoms with E-state index in [4.69, 9.17) is 5.73 Å². The van der Waals surface area contributed by atoms with Crippen LogP contribution in [0.5, 0.6) is 0 Å². The molecule has 1 nitrogen and oxygen atoms in total. The maximum absolute atomic E-state index is 7.06. The van der Waals surface area contributed by atoms with Crippen molar-refractivity contribution < 1.29 is 0 Å². The fourth-order valence-corrected chi connectivity index (χ4v) is 2.18. The Morgan fingerprint density at radius 3 is 1.56 bits per heavy atom. The Morgan fingerprint density at radius 1 is 0.611 bits per heavy atom. The summed E-state index contributed by atoms with van der Waals surface area (Å²) in [4.78, 5) is 0. The first-order valence-corrected chi connectivity index (χ1v) is 8.21. The first kappa shape index (κ1) is 17.7. The van der Waals surface area contributed by atoms with Crippen molar-refractivity contribution in [3.63, 3.8) is 0 Å². The average Bonchev–Trinajstić information content (AvgIpc) is 2.39. The molecule has 0 amide bonds. The van der Waals surface area contributed by atoms with Gasteiger partial charge in [0.05, 0.1) is 0 Å². The third-order valence-electron chi connectivity index (χ3n) is 3.44. The van der Waals surface area contributed by atoms with Crippen LogP contribution in [0, 0.1) is 0 Å². The predicted molar refractivity (Wildman–Crippen MR) is 82.8 cm³/mol. The van der Waals surface area contributed by atoms with Gasteiger partial charge in [0, 0.05) is 6.54 Å². The van der Waals surface area contributed by atoms with Crippen LogP contribution in [-0.4, -0.2) is 6.54 Å². The molecule has 1 N–H and O–H groups in total. The second-order valence-corrected chi connectivity index (χ2v) is 5.33. The monoisotopic (exact) mass is 252 g/mol. The lowest BCUT2D eigenvalue weighted by atomic mass is 10.1. The van der Waals surface area contributed by atoms with Crippen molar-refractivity contribution in [1.82, 2.24) is 5.73 Å². The Kier molecular flexibility index (Phi) is 16.4. The zero-order chi connectivity index (χ0) is 13.3. The van der Waals surface area contributed by atoms with Gasteiger partial charge in [-0.25, -0.2) is 0 Å². The minimum absolute atomic E-state index is 0.617. The van der Waals surface area contributed by atoms with Gasteiger partial charge in [-0.3, -0.25) is 5.73 Å². The van der Waals surface area contributed by atoms with Gasteiger partial charge < -0.3 is 0 Å². The molecule has 0 spiro atoms. The van der Waals surface area contributed by atoms with E-state index >= 15 is 0 Å². The lowest BCUT2D eigenvalue weighted by Crippen LogP contribution is -1.85. The van der Waals surface area contributed by atoms with Crippen LogP contribution in [0.4, 0.5) is 0 Å². The third-order valence-corrected chi connectivity index (χ3v) is 3.44. The summed E-state index contributed by atoms with van der Waals surface area (Å²) in [6, 6.07) is 0. The summed E-state index contributed by atoms with van der Waals surface area (Å²) >= 11 is 0. The SMILES string of the molecule is CCCC/C=C/CCCCCCCCCCC[NH]. The summed E-state index contributed by atoms with van der Waals surface area (Å²) in [5.41, 5.74) is 7.06. The van der Waals surface area contributed by atoms with E-state index in [-0.39, 0.29) is 0 Å². The summed E-state index contributed by atoms with van der Waals surface area (Å²) in [6.07, 6.45) is 22.1. The lowest BCUT2D eigenvalue weighted by molar-refractivity contribution is 0.561. The van der Waals surface area contributed by atoms with E-state index in [1.54, 1.807) is 0 Å². The van der Waals surface area contributed by atoms with Crippen molar-refractivity contribution in [2.75, 3.05) is 6.54 Å². The molecule has 0 saturated carbocycles. The second kappa shape index (κ2) is 16.7. The maximum atomic E-state index is 7.06. The molecular weight excluding hydrogens is 218 g/mol. The van der Waals surface area contributed by atoms with Gasteiger partial charge in [-0.2, -0.15) is 0 Å². The Labute approximate surface area is 115 Å². The maximum Gasteiger partial charge on any atom is 0.00997 e. The van der Waals surface area contributed by atoms with Crippen LogP contribution in [0.3, 0.4) is 0 Å². The van der Waals surface area contributed by atoms with Gasteiger partial charge in [-0.15, -0.1) is 0 Å². The van der Waals surface area contributed by atoms with Crippen LogP contribution < -0.4 is 5.73 Å². The van der Waals surface area contributed by atoms with Gasteiger partial charge in [0.15, 0.2) is 0 Å². The fraction of sp³-hybridized carbons (Fsp3) is 0.882. The van der Waals surface area contributed by atoms with Gasteiger partial charge in [0.25, 0.3) is 0 Å². The fourth-order valence-electron chi connectivity index (χ4n) is 2.18. The Hall–Kier alpha value is -0.300. The molecule has 1 radical (unpaired) electrons. The molecule has 0 rings (SSSR count). The smallest absolute Gasteiger partial charge is 0.00997 e. The van der Waals surface area contributed by atoms with Crippen molar-refractivity contribution in [1.29, 1.82) is 0 Å². The average molecular weight is 252 g/mol. The largest absolute Gasteiger partial charge is 0.258 e. The number of rotatable bonds is 14. The molecule has 0 saturated heterocycles. The molecule has 0 aromatic heterocycles. The molecule has 0 heterocycles. The third kappa shape index (κ3) is 15.7. The Bertz CT molecular complexity index is 163. The normalized spacial score (nSPS) is 11.4. The summed E-state index contributed by atoms with van der Waals surface area (Å²) in [6.45, 7) is 2.87. The minimum Gasteiger partial charge on any atom is -0.258 e. The molecule has 0 aliphatic heterocycles. The van der Waals surface area contributed by atoms with Gasteiger partial charge in [-0.05, 0) is 25.7 Å². The highest BCUT2D eigenvalue weighted by atomic mass is 14.5. The molecule has 1 heteroatoms. The van der Waals surface area contributed by atoms with Crippen LogP contribution in [0.15, 0.2) is 12.2 Å². The quantitative estimate of drug-likeness (QED) is 0.271. The molecule has 0 aliphatic rings. The van der Waals surface area contributed by atoms with Crippen LogP contribution in [-0.2, 0) is 0 Å². The van der Waals surface area contributed by atoms with Gasteiger partial charge in [0.1, 0.15) is 0 Å². The van der Waals surface area contributed by atoms with Gasteiger partial charge >= 0.3 is 0 Å². The number of hydrogen-bond acceptors (Lipinski definition) is 0. The molecule has 0 bridgehead atoms. The van der Waals surface area contributed by atoms with Crippen LogP contribution in [0.1, 0.15) is 90.4 Å². The van der Waals surface area contributed by atoms with Crippen LogP contribution >= 0.6 is 0 Å². The minimum atomic E-state index is 0.617. The van der Waals surface area contributed by atoms with E-state index < -0.39 is 0 Å². The Morgan fingerprint density at radius 2 is 1.06 bits per heavy atom. The van der Waals surface area contributed by atoms with Crippen molar-refractivity contribution in [2.45, 2.75) is 90.4 Å². The van der Waals surface area contributed by atoms with E-state index in [0.29, 0.717) is 6.54 Å². The molecule has 0 fully saturated rings. The lowest BCUT2D eigenvalue weighted by Gasteiger charge is -2.01. The van der Waals surface area contributed by atoms with E-state index in [0.717, 1.165) is 6.42 Å². The van der Waals surface area contributed by atoms with Crippen molar-refractivity contribution in [3.8, 4) is 0 Å². The first-order valence-electron chi connectivity index (χ1n) is 8.21. The van der Waals surface area contributed by atoms with E-state index in [9.17, 15) is 0 Å². The number of hydrogen-bond donors (Lipinski definition) is 0. The highest BCUT2D eigenvalue weighted by molar-refractivity contribution is 4.81. The van der Waals surface area contributed by atoms with Crippen LogP contribution in [0.2, 0.25) is 0 Å². The molecule has 0 aliphatic carbocycles. The van der Waals surface area contributed by atoms with Gasteiger partial charge in [0.2, 0.25) is 0 Å². The highest BCUT2D eigenvalue weighted by Gasteiger charge is 1.91. The zero-order valence-electron chi connectivity index (χ0n) is 12.6. The Balaban J connectivity index is 2.96. The molecule has 18 heavy (non-hydrogen) atoms. The molecule has 0 aromatic carbocycles. The number of allylic oxidation sites excluding steroid dienone is 2. The van der Waals surface area contributed by atoms with E-state index in [1.165, 1.54) is 77.0 Å². The van der Waals surface area contributed by atoms with Crippen molar-refractivity contribution in [2.24, 2.45) is 0 Å². The van der Waals surface area contributed by atoms with Crippen molar-refractivity contribution in [3.05, 3.63) is 12.2 Å². The highest BCUT2D eigenvalue weighted by Crippen LogP contribution is 2.10. The van der Waals surface area contributed by atoms with Crippen LogP contribution in [0.25, 0.3) is 0 Å². The molecule has 0 aromatic rings.